The molecule has 0 amide bonds. The number of nitrogens with zero attached hydrogens (tertiary/aromatic N) is 2. The standard InChI is InChI=1S/C23H17F2N3S/c24-17-4-2-5-18(25)20(17)21(14-8-9-14)28-23-27-19-6-1-3-15-11-13(12-26)7-10-16(15)22(19)29-23/h2,4-5,7,10-11H,1,3,6,8-9H2,(H,27,28). The summed E-state index contributed by atoms with van der Waals surface area (Å²) < 4.78 is 28.8. The molecule has 0 radical (unpaired) electrons. The first-order valence-electron chi connectivity index (χ1n) is 9.60. The molecule has 144 valence electrons. The number of hydrogen-bond donors (Lipinski definition) is 1. The van der Waals surface area contributed by atoms with Crippen molar-refractivity contribution >= 4 is 22.2 Å². The molecule has 0 atom stereocenters. The third-order valence-electron chi connectivity index (χ3n) is 5.33. The highest BCUT2D eigenvalue weighted by Crippen LogP contribution is 2.42. The molecule has 2 aromatic carbocycles. The molecule has 29 heavy (non-hydrogen) atoms. The Bertz CT molecular complexity index is 1180. The van der Waals surface area contributed by atoms with Crippen molar-refractivity contribution in [3.63, 3.8) is 0 Å². The summed E-state index contributed by atoms with van der Waals surface area (Å²) in [5.74, 6) is -1.14. The molecule has 0 bridgehead atoms. The largest absolute Gasteiger partial charge is 0.331 e. The summed E-state index contributed by atoms with van der Waals surface area (Å²) in [5, 5.41) is 13.1. The molecule has 5 rings (SSSR count). The maximum atomic E-state index is 14.4. The van der Waals surface area contributed by atoms with Crippen LogP contribution in [0.2, 0.25) is 0 Å². The minimum atomic E-state index is -0.570. The number of aryl methyl sites for hydroxylation is 2. The van der Waals surface area contributed by atoms with Crippen molar-refractivity contribution in [1.82, 2.24) is 4.98 Å². The highest BCUT2D eigenvalue weighted by atomic mass is 32.1. The van der Waals surface area contributed by atoms with E-state index in [1.54, 1.807) is 0 Å². The minimum Gasteiger partial charge on any atom is -0.331 e. The molecule has 3 nitrogen and oxygen atoms in total. The number of fused-ring (bicyclic) bond motifs is 3. The van der Waals surface area contributed by atoms with E-state index >= 15 is 0 Å². The number of benzene rings is 2. The van der Waals surface area contributed by atoms with Crippen LogP contribution in [0.1, 0.15) is 41.6 Å². The van der Waals surface area contributed by atoms with E-state index in [0.717, 1.165) is 59.4 Å². The first-order chi connectivity index (χ1) is 14.1. The van der Waals surface area contributed by atoms with Gasteiger partial charge in [0.15, 0.2) is 5.13 Å². The van der Waals surface area contributed by atoms with E-state index < -0.39 is 11.6 Å². The fourth-order valence-corrected chi connectivity index (χ4v) is 4.88. The molecule has 1 saturated carbocycles. The summed E-state index contributed by atoms with van der Waals surface area (Å²) >= 11 is 1.50. The van der Waals surface area contributed by atoms with Crippen molar-refractivity contribution in [1.29, 1.82) is 5.26 Å². The molecule has 1 N–H and O–H groups in total. The van der Waals surface area contributed by atoms with Gasteiger partial charge < -0.3 is 5.32 Å². The highest BCUT2D eigenvalue weighted by Gasteiger charge is 2.26. The molecular formula is C23H17F2N3S. The van der Waals surface area contributed by atoms with Crippen molar-refractivity contribution in [3.05, 3.63) is 76.0 Å². The van der Waals surface area contributed by atoms with E-state index in [2.05, 4.69) is 11.4 Å². The van der Waals surface area contributed by atoms with Gasteiger partial charge in [-0.15, -0.1) is 0 Å². The second kappa shape index (κ2) is 7.09. The number of anilines is 1. The van der Waals surface area contributed by atoms with Crippen molar-refractivity contribution in [2.24, 2.45) is 0 Å². The SMILES string of the molecule is N#Cc1ccc2c(c1)CCCc1nc(NC(=C3CC3)c3c(F)cccc3F)sc1-2. The zero-order chi connectivity index (χ0) is 20.0. The molecule has 0 aliphatic heterocycles. The van der Waals surface area contributed by atoms with Gasteiger partial charge in [-0.3, -0.25) is 0 Å². The lowest BCUT2D eigenvalue weighted by molar-refractivity contribution is 0.577. The molecule has 2 aliphatic rings. The normalized spacial score (nSPS) is 14.4. The molecule has 2 aliphatic carbocycles. The second-order valence-corrected chi connectivity index (χ2v) is 8.33. The molecule has 1 heterocycles. The van der Waals surface area contributed by atoms with Gasteiger partial charge in [0.05, 0.1) is 33.5 Å². The fraction of sp³-hybridized carbons (Fsp3) is 0.217. The van der Waals surface area contributed by atoms with Crippen LogP contribution in [0.4, 0.5) is 13.9 Å². The molecular weight excluding hydrogens is 388 g/mol. The molecule has 0 saturated heterocycles. The lowest BCUT2D eigenvalue weighted by Gasteiger charge is -2.11. The number of nitrogens with one attached hydrogen (secondary N) is 1. The Kier molecular flexibility index (Phi) is 4.40. The number of aromatic nitrogens is 1. The summed E-state index contributed by atoms with van der Waals surface area (Å²) in [4.78, 5) is 5.82. The van der Waals surface area contributed by atoms with Gasteiger partial charge in [0.25, 0.3) is 0 Å². The van der Waals surface area contributed by atoms with Crippen molar-refractivity contribution in [3.8, 4) is 16.5 Å². The molecule has 1 aromatic heterocycles. The van der Waals surface area contributed by atoms with E-state index in [9.17, 15) is 14.0 Å². The molecule has 0 unspecified atom stereocenters. The van der Waals surface area contributed by atoms with Gasteiger partial charge >= 0.3 is 0 Å². The number of rotatable bonds is 3. The van der Waals surface area contributed by atoms with Crippen LogP contribution in [0.3, 0.4) is 0 Å². The Hall–Kier alpha value is -3.04. The monoisotopic (exact) mass is 405 g/mol. The zero-order valence-electron chi connectivity index (χ0n) is 15.6. The Morgan fingerprint density at radius 2 is 1.86 bits per heavy atom. The Morgan fingerprint density at radius 3 is 2.59 bits per heavy atom. The van der Waals surface area contributed by atoms with E-state index in [4.69, 9.17) is 4.98 Å². The lowest BCUT2D eigenvalue weighted by atomic mass is 10.0. The summed E-state index contributed by atoms with van der Waals surface area (Å²) in [7, 11) is 0. The van der Waals surface area contributed by atoms with Crippen LogP contribution in [0.5, 0.6) is 0 Å². The van der Waals surface area contributed by atoms with Crippen LogP contribution in [-0.4, -0.2) is 4.98 Å². The van der Waals surface area contributed by atoms with Crippen LogP contribution in [0.25, 0.3) is 16.1 Å². The van der Waals surface area contributed by atoms with Crippen LogP contribution < -0.4 is 5.32 Å². The predicted molar refractivity (Wildman–Crippen MR) is 110 cm³/mol. The van der Waals surface area contributed by atoms with E-state index in [1.807, 2.05) is 18.2 Å². The second-order valence-electron chi connectivity index (χ2n) is 7.33. The van der Waals surface area contributed by atoms with Crippen LogP contribution in [0.15, 0.2) is 42.0 Å². The zero-order valence-corrected chi connectivity index (χ0v) is 16.4. The number of hydrogen-bond acceptors (Lipinski definition) is 4. The molecule has 6 heteroatoms. The quantitative estimate of drug-likeness (QED) is 0.576. The van der Waals surface area contributed by atoms with Crippen LogP contribution >= 0.6 is 11.3 Å². The van der Waals surface area contributed by atoms with Crippen molar-refractivity contribution in [2.45, 2.75) is 32.1 Å². The number of nitriles is 1. The van der Waals surface area contributed by atoms with Gasteiger partial charge in [-0.1, -0.05) is 23.5 Å². The van der Waals surface area contributed by atoms with E-state index in [1.165, 1.54) is 29.5 Å². The fourth-order valence-electron chi connectivity index (χ4n) is 3.81. The third-order valence-corrected chi connectivity index (χ3v) is 6.38. The average Bonchev–Trinajstić information content (AvgIpc) is 3.50. The number of halogens is 2. The molecule has 3 aromatic rings. The lowest BCUT2D eigenvalue weighted by Crippen LogP contribution is -2.04. The first-order valence-corrected chi connectivity index (χ1v) is 10.4. The maximum absolute atomic E-state index is 14.4. The van der Waals surface area contributed by atoms with Crippen molar-refractivity contribution < 1.29 is 8.78 Å². The van der Waals surface area contributed by atoms with E-state index in [-0.39, 0.29) is 5.56 Å². The summed E-state index contributed by atoms with van der Waals surface area (Å²) in [6.07, 6.45) is 4.37. The molecule has 0 spiro atoms. The molecule has 1 fully saturated rings. The van der Waals surface area contributed by atoms with Gasteiger partial charge in [-0.25, -0.2) is 13.8 Å². The van der Waals surface area contributed by atoms with Gasteiger partial charge in [0.2, 0.25) is 0 Å². The number of allylic oxidation sites excluding steroid dienone is 1. The topological polar surface area (TPSA) is 48.7 Å². The predicted octanol–water partition coefficient (Wildman–Crippen LogP) is 6.07. The Morgan fingerprint density at radius 1 is 1.07 bits per heavy atom. The van der Waals surface area contributed by atoms with Crippen LogP contribution in [-0.2, 0) is 12.8 Å². The summed E-state index contributed by atoms with van der Waals surface area (Å²) in [6, 6.07) is 11.9. The smallest absolute Gasteiger partial charge is 0.187 e. The number of thiazole rings is 1. The summed E-state index contributed by atoms with van der Waals surface area (Å²) in [5.41, 5.74) is 5.41. The average molecular weight is 405 g/mol. The van der Waals surface area contributed by atoms with Gasteiger partial charge in [0.1, 0.15) is 11.6 Å². The third kappa shape index (κ3) is 3.32. The van der Waals surface area contributed by atoms with Gasteiger partial charge in [-0.05, 0) is 73.1 Å². The maximum Gasteiger partial charge on any atom is 0.187 e. The highest BCUT2D eigenvalue weighted by molar-refractivity contribution is 7.19. The van der Waals surface area contributed by atoms with Gasteiger partial charge in [-0.2, -0.15) is 5.26 Å². The van der Waals surface area contributed by atoms with Crippen molar-refractivity contribution in [2.75, 3.05) is 5.32 Å². The van der Waals surface area contributed by atoms with Gasteiger partial charge in [0, 0.05) is 0 Å². The van der Waals surface area contributed by atoms with Crippen LogP contribution in [0, 0.1) is 23.0 Å². The first kappa shape index (κ1) is 18.0. The minimum absolute atomic E-state index is 0.00976. The summed E-state index contributed by atoms with van der Waals surface area (Å²) in [6.45, 7) is 0. The van der Waals surface area contributed by atoms with E-state index in [0.29, 0.717) is 16.4 Å². The Balaban J connectivity index is 1.55. The Labute approximate surface area is 171 Å².